The van der Waals surface area contributed by atoms with Gasteiger partial charge in [-0.05, 0) is 13.0 Å². The first-order valence-electron chi connectivity index (χ1n) is 3.48. The number of hydrogen-bond acceptors (Lipinski definition) is 5. The Kier molecular flexibility index (Phi) is 2.61. The molecule has 0 radical (unpaired) electrons. The molecule has 0 aliphatic carbocycles. The molecule has 1 atom stereocenters. The van der Waals surface area contributed by atoms with Crippen LogP contribution >= 0.6 is 12.4 Å². The number of hydrogen-bond donors (Lipinski definition) is 3. The third-order valence-corrected chi connectivity index (χ3v) is 1.89. The second-order valence-corrected chi connectivity index (χ2v) is 2.69. The summed E-state index contributed by atoms with van der Waals surface area (Å²) in [6, 6.07) is 0. The Morgan fingerprint density at radius 2 is 2.33 bits per heavy atom. The molecule has 1 aliphatic rings. The normalized spacial score (nSPS) is 28.4. The Labute approximate surface area is 75.2 Å². The minimum atomic E-state index is -0.910. The van der Waals surface area contributed by atoms with Crippen molar-refractivity contribution in [3.63, 3.8) is 0 Å². The fourth-order valence-corrected chi connectivity index (χ4v) is 1.23. The molecule has 0 aromatic carbocycles. The average molecular weight is 192 g/mol. The molecule has 6 nitrogen and oxygen atoms in total. The first-order chi connectivity index (χ1) is 5.31. The van der Waals surface area contributed by atoms with Crippen LogP contribution in [-0.2, 0) is 5.60 Å². The van der Waals surface area contributed by atoms with Crippen molar-refractivity contribution in [1.29, 1.82) is 0 Å². The van der Waals surface area contributed by atoms with Crippen LogP contribution in [0.5, 0.6) is 0 Å². The molecule has 12 heavy (non-hydrogen) atoms. The summed E-state index contributed by atoms with van der Waals surface area (Å²) in [5, 5.41) is 26.0. The van der Waals surface area contributed by atoms with Crippen molar-refractivity contribution in [1.82, 2.24) is 25.9 Å². The molecule has 2 rings (SSSR count). The van der Waals surface area contributed by atoms with Gasteiger partial charge in [-0.15, -0.1) is 22.6 Å². The van der Waals surface area contributed by atoms with Crippen molar-refractivity contribution in [2.45, 2.75) is 12.0 Å². The van der Waals surface area contributed by atoms with E-state index in [1.54, 1.807) is 0 Å². The minimum Gasteiger partial charge on any atom is -0.380 e. The van der Waals surface area contributed by atoms with Gasteiger partial charge in [0.05, 0.1) is 0 Å². The molecule has 1 unspecified atom stereocenters. The second-order valence-electron chi connectivity index (χ2n) is 2.69. The number of rotatable bonds is 1. The Morgan fingerprint density at radius 1 is 1.50 bits per heavy atom. The summed E-state index contributed by atoms with van der Waals surface area (Å²) >= 11 is 0. The number of nitrogens with one attached hydrogen (secondary N) is 2. The van der Waals surface area contributed by atoms with Gasteiger partial charge in [-0.1, -0.05) is 5.21 Å². The maximum atomic E-state index is 9.80. The van der Waals surface area contributed by atoms with Crippen LogP contribution in [0.4, 0.5) is 0 Å². The van der Waals surface area contributed by atoms with Crippen LogP contribution in [0.1, 0.15) is 12.2 Å². The van der Waals surface area contributed by atoms with Gasteiger partial charge in [-0.25, -0.2) is 0 Å². The number of aromatic amines is 1. The lowest BCUT2D eigenvalue weighted by molar-refractivity contribution is 0.0492. The number of nitrogens with zero attached hydrogens (tertiary/aromatic N) is 3. The highest BCUT2D eigenvalue weighted by atomic mass is 35.5. The Balaban J connectivity index is 0.000000720. The molecule has 0 saturated carbocycles. The summed E-state index contributed by atoms with van der Waals surface area (Å²) in [7, 11) is 0. The standard InChI is InChI=1S/C5H9N5O.ClH/c11-5(1-2-6-3-5)4-7-9-10-8-4;/h6,11H,1-3H2,(H,7,8,9,10);1H. The zero-order valence-corrected chi connectivity index (χ0v) is 7.13. The highest BCUT2D eigenvalue weighted by Crippen LogP contribution is 2.22. The van der Waals surface area contributed by atoms with E-state index in [4.69, 9.17) is 0 Å². The molecule has 68 valence electrons. The van der Waals surface area contributed by atoms with E-state index in [0.29, 0.717) is 18.8 Å². The van der Waals surface area contributed by atoms with E-state index in [1.165, 1.54) is 0 Å². The lowest BCUT2D eigenvalue weighted by Gasteiger charge is -2.14. The van der Waals surface area contributed by atoms with E-state index in [2.05, 4.69) is 25.9 Å². The fraction of sp³-hybridized carbons (Fsp3) is 0.800. The van der Waals surface area contributed by atoms with Gasteiger partial charge in [0.1, 0.15) is 5.60 Å². The molecule has 1 aromatic heterocycles. The zero-order chi connectivity index (χ0) is 7.73. The molecule has 0 spiro atoms. The molecule has 1 fully saturated rings. The SMILES string of the molecule is Cl.OC1(c2nn[nH]n2)CCNC1. The number of aromatic nitrogens is 4. The Hall–Kier alpha value is -0.720. The van der Waals surface area contributed by atoms with E-state index < -0.39 is 5.60 Å². The smallest absolute Gasteiger partial charge is 0.207 e. The molecular formula is C5H10ClN5O. The van der Waals surface area contributed by atoms with E-state index >= 15 is 0 Å². The Morgan fingerprint density at radius 3 is 2.83 bits per heavy atom. The molecule has 1 saturated heterocycles. The lowest BCUT2D eigenvalue weighted by Crippen LogP contribution is -2.29. The van der Waals surface area contributed by atoms with Crippen LogP contribution in [-0.4, -0.2) is 38.8 Å². The van der Waals surface area contributed by atoms with Crippen LogP contribution < -0.4 is 5.32 Å². The molecular weight excluding hydrogens is 182 g/mol. The second kappa shape index (κ2) is 3.34. The van der Waals surface area contributed by atoms with Crippen LogP contribution in [0.15, 0.2) is 0 Å². The van der Waals surface area contributed by atoms with Gasteiger partial charge >= 0.3 is 0 Å². The van der Waals surface area contributed by atoms with Crippen molar-refractivity contribution in [2.24, 2.45) is 0 Å². The van der Waals surface area contributed by atoms with Gasteiger partial charge in [0.2, 0.25) is 5.82 Å². The summed E-state index contributed by atoms with van der Waals surface area (Å²) in [6.45, 7) is 1.30. The third kappa shape index (κ3) is 1.40. The average Bonchev–Trinajstić information content (AvgIpc) is 2.55. The van der Waals surface area contributed by atoms with Crippen molar-refractivity contribution < 1.29 is 5.11 Å². The molecule has 0 amide bonds. The first-order valence-corrected chi connectivity index (χ1v) is 3.48. The molecule has 2 heterocycles. The monoisotopic (exact) mass is 191 g/mol. The minimum absolute atomic E-state index is 0. The number of halogens is 1. The van der Waals surface area contributed by atoms with Crippen molar-refractivity contribution in [3.05, 3.63) is 5.82 Å². The van der Waals surface area contributed by atoms with Gasteiger partial charge in [0, 0.05) is 6.54 Å². The zero-order valence-electron chi connectivity index (χ0n) is 6.32. The highest BCUT2D eigenvalue weighted by molar-refractivity contribution is 5.85. The summed E-state index contributed by atoms with van der Waals surface area (Å²) in [4.78, 5) is 0. The van der Waals surface area contributed by atoms with E-state index in [0.717, 1.165) is 6.54 Å². The number of H-pyrrole nitrogens is 1. The highest BCUT2D eigenvalue weighted by Gasteiger charge is 2.36. The van der Waals surface area contributed by atoms with E-state index in [-0.39, 0.29) is 12.4 Å². The van der Waals surface area contributed by atoms with Crippen molar-refractivity contribution >= 4 is 12.4 Å². The summed E-state index contributed by atoms with van der Waals surface area (Å²) in [5.74, 6) is 0.377. The largest absolute Gasteiger partial charge is 0.380 e. The summed E-state index contributed by atoms with van der Waals surface area (Å²) in [5.41, 5.74) is -0.910. The van der Waals surface area contributed by atoms with Crippen molar-refractivity contribution in [3.8, 4) is 0 Å². The fourth-order valence-electron chi connectivity index (χ4n) is 1.23. The van der Waals surface area contributed by atoms with Gasteiger partial charge in [-0.3, -0.25) is 0 Å². The predicted octanol–water partition coefficient (Wildman–Crippen LogP) is -1.20. The van der Waals surface area contributed by atoms with Crippen LogP contribution in [0, 0.1) is 0 Å². The number of tetrazole rings is 1. The molecule has 7 heteroatoms. The quantitative estimate of drug-likeness (QED) is 0.519. The Bertz CT molecular complexity index is 232. The van der Waals surface area contributed by atoms with Crippen molar-refractivity contribution in [2.75, 3.05) is 13.1 Å². The summed E-state index contributed by atoms with van der Waals surface area (Å²) < 4.78 is 0. The van der Waals surface area contributed by atoms with Gasteiger partial charge < -0.3 is 10.4 Å². The van der Waals surface area contributed by atoms with Crippen LogP contribution in [0.3, 0.4) is 0 Å². The maximum Gasteiger partial charge on any atom is 0.207 e. The first kappa shape index (κ1) is 9.37. The van der Waals surface area contributed by atoms with Gasteiger partial charge in [-0.2, -0.15) is 5.21 Å². The van der Waals surface area contributed by atoms with E-state index in [1.807, 2.05) is 0 Å². The maximum absolute atomic E-state index is 9.80. The molecule has 3 N–H and O–H groups in total. The number of β-amino-alcohol motifs (C(OH)–C–C–N with tert-alkyl or cyclic N) is 1. The van der Waals surface area contributed by atoms with Gasteiger partial charge in [0.25, 0.3) is 0 Å². The summed E-state index contributed by atoms with van der Waals surface area (Å²) in [6.07, 6.45) is 0.645. The predicted molar refractivity (Wildman–Crippen MR) is 42.8 cm³/mol. The van der Waals surface area contributed by atoms with Crippen LogP contribution in [0.25, 0.3) is 0 Å². The molecule has 0 bridgehead atoms. The van der Waals surface area contributed by atoms with Gasteiger partial charge in [0.15, 0.2) is 0 Å². The van der Waals surface area contributed by atoms with E-state index in [9.17, 15) is 5.11 Å². The number of aliphatic hydroxyl groups is 1. The molecule has 1 aliphatic heterocycles. The van der Waals surface area contributed by atoms with Crippen LogP contribution in [0.2, 0.25) is 0 Å². The lowest BCUT2D eigenvalue weighted by atomic mass is 10.0. The third-order valence-electron chi connectivity index (χ3n) is 1.89. The topological polar surface area (TPSA) is 86.7 Å². The molecule has 1 aromatic rings.